The van der Waals surface area contributed by atoms with E-state index in [1.807, 2.05) is 0 Å². The smallest absolute Gasteiger partial charge is 0.0802 e. The van der Waals surface area contributed by atoms with Crippen LogP contribution in [0.2, 0.25) is 0 Å². The maximum atomic E-state index is 9.78. The Bertz CT molecular complexity index is 329. The van der Waals surface area contributed by atoms with Crippen molar-refractivity contribution in [1.29, 1.82) is 0 Å². The first-order valence-corrected chi connectivity index (χ1v) is 7.03. The van der Waals surface area contributed by atoms with Gasteiger partial charge < -0.3 is 10.2 Å². The molecule has 0 saturated carbocycles. The molecule has 0 radical (unpaired) electrons. The van der Waals surface area contributed by atoms with Gasteiger partial charge in [0.05, 0.1) is 12.2 Å². The van der Waals surface area contributed by atoms with Crippen molar-refractivity contribution in [3.05, 3.63) is 35.4 Å². The predicted octanol–water partition coefficient (Wildman–Crippen LogP) is 3.26. The minimum atomic E-state index is -0.654. The molecular formula is C16H26O2. The second kappa shape index (κ2) is 7.55. The van der Waals surface area contributed by atoms with Gasteiger partial charge in [-0.2, -0.15) is 0 Å². The molecular weight excluding hydrogens is 224 g/mol. The summed E-state index contributed by atoms with van der Waals surface area (Å²) in [4.78, 5) is 0. The molecule has 0 bridgehead atoms. The Morgan fingerprint density at radius 1 is 1.06 bits per heavy atom. The quantitative estimate of drug-likeness (QED) is 0.779. The number of hydrogen-bond donors (Lipinski definition) is 2. The van der Waals surface area contributed by atoms with E-state index >= 15 is 0 Å². The van der Waals surface area contributed by atoms with Crippen LogP contribution >= 0.6 is 0 Å². The van der Waals surface area contributed by atoms with Crippen molar-refractivity contribution in [3.63, 3.8) is 0 Å². The van der Waals surface area contributed by atoms with Gasteiger partial charge in [0, 0.05) is 0 Å². The molecule has 0 amide bonds. The molecule has 0 fully saturated rings. The van der Waals surface area contributed by atoms with E-state index in [0.717, 1.165) is 19.3 Å². The first kappa shape index (κ1) is 15.2. The summed E-state index contributed by atoms with van der Waals surface area (Å²) >= 11 is 0. The Morgan fingerprint density at radius 2 is 1.67 bits per heavy atom. The van der Waals surface area contributed by atoms with Crippen LogP contribution in [0.5, 0.6) is 0 Å². The number of aryl methyl sites for hydroxylation is 1. The third kappa shape index (κ3) is 4.43. The minimum Gasteiger partial charge on any atom is -0.391 e. The zero-order valence-corrected chi connectivity index (χ0v) is 11.8. The molecule has 2 N–H and O–H groups in total. The molecule has 102 valence electrons. The Balaban J connectivity index is 2.69. The van der Waals surface area contributed by atoms with E-state index in [2.05, 4.69) is 38.1 Å². The van der Waals surface area contributed by atoms with Gasteiger partial charge in [-0.15, -0.1) is 0 Å². The molecule has 2 nitrogen and oxygen atoms in total. The molecule has 0 aromatic heterocycles. The number of benzene rings is 1. The molecule has 0 aliphatic rings. The van der Waals surface area contributed by atoms with Gasteiger partial charge in [0.25, 0.3) is 0 Å². The van der Waals surface area contributed by atoms with Crippen LogP contribution in [0.4, 0.5) is 0 Å². The van der Waals surface area contributed by atoms with Gasteiger partial charge in [-0.1, -0.05) is 44.5 Å². The fourth-order valence-corrected chi connectivity index (χ4v) is 2.27. The Kier molecular flexibility index (Phi) is 6.37. The van der Waals surface area contributed by atoms with Crippen molar-refractivity contribution in [3.8, 4) is 0 Å². The lowest BCUT2D eigenvalue weighted by atomic mass is 9.89. The number of aliphatic hydroxyl groups excluding tert-OH is 2. The fraction of sp³-hybridized carbons (Fsp3) is 0.625. The van der Waals surface area contributed by atoms with E-state index in [4.69, 9.17) is 0 Å². The Morgan fingerprint density at radius 3 is 2.11 bits per heavy atom. The van der Waals surface area contributed by atoms with Crippen molar-refractivity contribution >= 4 is 0 Å². The highest BCUT2D eigenvalue weighted by Crippen LogP contribution is 2.26. The molecule has 1 aromatic carbocycles. The van der Waals surface area contributed by atoms with Crippen LogP contribution in [0.25, 0.3) is 0 Å². The van der Waals surface area contributed by atoms with E-state index in [9.17, 15) is 10.2 Å². The molecule has 1 aromatic rings. The number of aliphatic hydroxyl groups is 2. The lowest BCUT2D eigenvalue weighted by Crippen LogP contribution is -2.24. The van der Waals surface area contributed by atoms with Crippen LogP contribution < -0.4 is 0 Å². The monoisotopic (exact) mass is 250 g/mol. The molecule has 1 rings (SSSR count). The van der Waals surface area contributed by atoms with Crippen molar-refractivity contribution in [2.75, 3.05) is 0 Å². The van der Waals surface area contributed by atoms with Crippen LogP contribution in [-0.2, 0) is 6.42 Å². The molecule has 0 aliphatic carbocycles. The minimum absolute atomic E-state index is 0.324. The van der Waals surface area contributed by atoms with Crippen molar-refractivity contribution in [2.45, 2.75) is 64.6 Å². The summed E-state index contributed by atoms with van der Waals surface area (Å²) in [5.41, 5.74) is 2.63. The fourth-order valence-electron chi connectivity index (χ4n) is 2.27. The van der Waals surface area contributed by atoms with Crippen LogP contribution in [0.3, 0.4) is 0 Å². The molecule has 3 atom stereocenters. The van der Waals surface area contributed by atoms with Gasteiger partial charge in [-0.05, 0) is 43.2 Å². The van der Waals surface area contributed by atoms with Crippen molar-refractivity contribution in [1.82, 2.24) is 0 Å². The molecule has 3 unspecified atom stereocenters. The summed E-state index contributed by atoms with van der Waals surface area (Å²) in [6, 6.07) is 8.67. The normalized spacial score (nSPS) is 16.3. The van der Waals surface area contributed by atoms with Crippen LogP contribution in [0.1, 0.15) is 57.1 Å². The van der Waals surface area contributed by atoms with E-state index in [1.165, 1.54) is 11.1 Å². The topological polar surface area (TPSA) is 40.5 Å². The van der Waals surface area contributed by atoms with Crippen molar-refractivity contribution < 1.29 is 10.2 Å². The standard InChI is InChI=1S/C16H26O2/c1-4-6-13-7-9-15(10-8-13)14(5-2)11-16(18)12(3)17/h7-10,12,14,16-18H,4-6,11H2,1-3H3. The summed E-state index contributed by atoms with van der Waals surface area (Å²) in [5, 5.41) is 19.2. The lowest BCUT2D eigenvalue weighted by Gasteiger charge is -2.21. The molecule has 0 aliphatic heterocycles. The zero-order valence-electron chi connectivity index (χ0n) is 11.8. The molecule has 0 saturated heterocycles. The first-order valence-electron chi connectivity index (χ1n) is 7.03. The van der Waals surface area contributed by atoms with Gasteiger partial charge in [0.1, 0.15) is 0 Å². The maximum Gasteiger partial charge on any atom is 0.0802 e. The zero-order chi connectivity index (χ0) is 13.5. The predicted molar refractivity (Wildman–Crippen MR) is 75.8 cm³/mol. The van der Waals surface area contributed by atoms with Crippen LogP contribution in [0.15, 0.2) is 24.3 Å². The highest BCUT2D eigenvalue weighted by molar-refractivity contribution is 5.25. The van der Waals surface area contributed by atoms with Gasteiger partial charge in [-0.3, -0.25) is 0 Å². The van der Waals surface area contributed by atoms with Crippen LogP contribution in [0, 0.1) is 0 Å². The van der Waals surface area contributed by atoms with Crippen LogP contribution in [-0.4, -0.2) is 22.4 Å². The third-order valence-corrected chi connectivity index (χ3v) is 3.57. The second-order valence-electron chi connectivity index (χ2n) is 5.14. The molecule has 18 heavy (non-hydrogen) atoms. The highest BCUT2D eigenvalue weighted by Gasteiger charge is 2.18. The average Bonchev–Trinajstić information content (AvgIpc) is 2.37. The molecule has 0 spiro atoms. The number of hydrogen-bond acceptors (Lipinski definition) is 2. The maximum absolute atomic E-state index is 9.78. The Labute approximate surface area is 111 Å². The second-order valence-corrected chi connectivity index (χ2v) is 5.14. The summed E-state index contributed by atoms with van der Waals surface area (Å²) in [5.74, 6) is 0.324. The van der Waals surface area contributed by atoms with Gasteiger partial charge in [-0.25, -0.2) is 0 Å². The molecule has 2 heteroatoms. The number of rotatable bonds is 7. The third-order valence-electron chi connectivity index (χ3n) is 3.57. The van der Waals surface area contributed by atoms with Crippen molar-refractivity contribution in [2.24, 2.45) is 0 Å². The highest BCUT2D eigenvalue weighted by atomic mass is 16.3. The van der Waals surface area contributed by atoms with E-state index in [-0.39, 0.29) is 0 Å². The van der Waals surface area contributed by atoms with Gasteiger partial charge in [0.2, 0.25) is 0 Å². The van der Waals surface area contributed by atoms with Gasteiger partial charge in [0.15, 0.2) is 0 Å². The van der Waals surface area contributed by atoms with E-state index < -0.39 is 12.2 Å². The first-order chi connectivity index (χ1) is 8.58. The molecule has 0 heterocycles. The summed E-state index contributed by atoms with van der Waals surface area (Å²) in [6.45, 7) is 5.95. The lowest BCUT2D eigenvalue weighted by molar-refractivity contribution is 0.0215. The Hall–Kier alpha value is -0.860. The summed E-state index contributed by atoms with van der Waals surface area (Å²) in [6.07, 6.45) is 2.60. The largest absolute Gasteiger partial charge is 0.391 e. The average molecular weight is 250 g/mol. The van der Waals surface area contributed by atoms with Gasteiger partial charge >= 0.3 is 0 Å². The van der Waals surface area contributed by atoms with E-state index in [1.54, 1.807) is 6.92 Å². The summed E-state index contributed by atoms with van der Waals surface area (Å²) in [7, 11) is 0. The van der Waals surface area contributed by atoms with E-state index in [0.29, 0.717) is 12.3 Å². The SMILES string of the molecule is CCCc1ccc(C(CC)CC(O)C(C)O)cc1. The summed E-state index contributed by atoms with van der Waals surface area (Å²) < 4.78 is 0.